The third kappa shape index (κ3) is 3.41. The Kier molecular flexibility index (Phi) is 4.82. The first-order valence-electron chi connectivity index (χ1n) is 9.84. The Morgan fingerprint density at radius 2 is 1.85 bits per heavy atom. The summed E-state index contributed by atoms with van der Waals surface area (Å²) < 4.78 is 0. The predicted octanol–water partition coefficient (Wildman–Crippen LogP) is 4.11. The van der Waals surface area contributed by atoms with Crippen LogP contribution in [0.5, 0.6) is 0 Å². The highest BCUT2D eigenvalue weighted by atomic mass is 16.2. The first-order chi connectivity index (χ1) is 12.6. The highest BCUT2D eigenvalue weighted by molar-refractivity contribution is 5.84. The topological polar surface area (TPSA) is 46.3 Å². The molecule has 3 unspecified atom stereocenters. The van der Waals surface area contributed by atoms with Crippen LogP contribution in [0.1, 0.15) is 42.7 Å². The van der Waals surface area contributed by atoms with Crippen LogP contribution in [0.3, 0.4) is 0 Å². The van der Waals surface area contributed by atoms with Crippen molar-refractivity contribution in [3.63, 3.8) is 0 Å². The largest absolute Gasteiger partial charge is 0.342 e. The van der Waals surface area contributed by atoms with E-state index in [4.69, 9.17) is 5.73 Å². The van der Waals surface area contributed by atoms with E-state index in [1.165, 1.54) is 22.3 Å². The maximum Gasteiger partial charge on any atom is 0.226 e. The van der Waals surface area contributed by atoms with Crippen LogP contribution in [0.15, 0.2) is 48.5 Å². The fraction of sp³-hybridized carbons (Fsp3) is 0.435. The second-order valence-electron chi connectivity index (χ2n) is 7.87. The summed E-state index contributed by atoms with van der Waals surface area (Å²) in [6, 6.07) is 17.3. The van der Waals surface area contributed by atoms with Gasteiger partial charge in [0.25, 0.3) is 0 Å². The average molecular weight is 348 g/mol. The summed E-state index contributed by atoms with van der Waals surface area (Å²) in [6.45, 7) is 3.87. The van der Waals surface area contributed by atoms with Gasteiger partial charge in [0.15, 0.2) is 0 Å². The van der Waals surface area contributed by atoms with Crippen LogP contribution >= 0.6 is 0 Å². The number of hydrogen-bond acceptors (Lipinski definition) is 2. The van der Waals surface area contributed by atoms with Crippen molar-refractivity contribution >= 4 is 5.91 Å². The van der Waals surface area contributed by atoms with Gasteiger partial charge in [-0.05, 0) is 60.8 Å². The van der Waals surface area contributed by atoms with Gasteiger partial charge in [0.05, 0.1) is 0 Å². The van der Waals surface area contributed by atoms with E-state index in [9.17, 15) is 4.79 Å². The Morgan fingerprint density at radius 1 is 1.04 bits per heavy atom. The summed E-state index contributed by atoms with van der Waals surface area (Å²) in [5.41, 5.74) is 11.3. The van der Waals surface area contributed by atoms with Gasteiger partial charge in [-0.2, -0.15) is 0 Å². The molecular weight excluding hydrogens is 320 g/mol. The summed E-state index contributed by atoms with van der Waals surface area (Å²) in [7, 11) is 0. The van der Waals surface area contributed by atoms with Crippen LogP contribution in [0.4, 0.5) is 0 Å². The smallest absolute Gasteiger partial charge is 0.226 e. The second-order valence-corrected chi connectivity index (χ2v) is 7.87. The normalized spacial score (nSPS) is 25.6. The fourth-order valence-electron chi connectivity index (χ4n) is 4.41. The van der Waals surface area contributed by atoms with Crippen molar-refractivity contribution in [2.24, 2.45) is 11.7 Å². The average Bonchev–Trinajstić information content (AvgIpc) is 3.46. The first-order valence-corrected chi connectivity index (χ1v) is 9.84. The van der Waals surface area contributed by atoms with Crippen LogP contribution in [-0.2, 0) is 4.79 Å². The van der Waals surface area contributed by atoms with Crippen molar-refractivity contribution < 1.29 is 4.79 Å². The van der Waals surface area contributed by atoms with E-state index < -0.39 is 0 Å². The van der Waals surface area contributed by atoms with Crippen LogP contribution < -0.4 is 5.73 Å². The maximum atomic E-state index is 13.0. The van der Waals surface area contributed by atoms with E-state index in [0.717, 1.165) is 38.8 Å². The number of benzene rings is 2. The van der Waals surface area contributed by atoms with Gasteiger partial charge in [-0.25, -0.2) is 0 Å². The molecule has 0 aromatic heterocycles. The number of nitrogens with zero attached hydrogens (tertiary/aromatic N) is 1. The molecule has 1 amide bonds. The molecule has 3 heteroatoms. The summed E-state index contributed by atoms with van der Waals surface area (Å²) >= 11 is 0. The van der Waals surface area contributed by atoms with Gasteiger partial charge in [0, 0.05) is 25.0 Å². The Morgan fingerprint density at radius 3 is 2.65 bits per heavy atom. The molecule has 0 spiro atoms. The molecule has 1 aliphatic heterocycles. The van der Waals surface area contributed by atoms with Gasteiger partial charge >= 0.3 is 0 Å². The summed E-state index contributed by atoms with van der Waals surface area (Å²) in [5.74, 6) is 0.843. The summed E-state index contributed by atoms with van der Waals surface area (Å²) in [5, 5.41) is 0. The molecule has 1 aliphatic carbocycles. The van der Waals surface area contributed by atoms with Crippen LogP contribution in [0.25, 0.3) is 11.1 Å². The minimum atomic E-state index is 0.146. The molecule has 3 atom stereocenters. The molecule has 2 aliphatic rings. The third-order valence-corrected chi connectivity index (χ3v) is 5.97. The molecule has 2 aromatic carbocycles. The molecule has 2 N–H and O–H groups in total. The van der Waals surface area contributed by atoms with E-state index in [1.807, 2.05) is 6.07 Å². The number of aryl methyl sites for hydroxylation is 1. The van der Waals surface area contributed by atoms with Gasteiger partial charge in [0.1, 0.15) is 0 Å². The number of carbonyl (C=O) groups is 1. The second kappa shape index (κ2) is 7.24. The maximum absolute atomic E-state index is 13.0. The standard InChI is InChI=1S/C23H28N2O/c1-16-7-5-11-19(17-8-3-2-4-9-17)22(16)20-15-21(20)23(26)25-13-6-10-18(24)12-14-25/h2-5,7-9,11,18,20-21H,6,10,12-15,24H2,1H3. The summed E-state index contributed by atoms with van der Waals surface area (Å²) in [4.78, 5) is 15.1. The molecule has 2 aromatic rings. The first kappa shape index (κ1) is 17.3. The molecule has 26 heavy (non-hydrogen) atoms. The minimum absolute atomic E-state index is 0.146. The van der Waals surface area contributed by atoms with Gasteiger partial charge in [-0.1, -0.05) is 48.5 Å². The van der Waals surface area contributed by atoms with Crippen molar-refractivity contribution in [2.45, 2.75) is 44.6 Å². The lowest BCUT2D eigenvalue weighted by atomic mass is 9.92. The molecule has 3 nitrogen and oxygen atoms in total. The molecular formula is C23H28N2O. The Bertz CT molecular complexity index is 786. The van der Waals surface area contributed by atoms with Crippen molar-refractivity contribution in [2.75, 3.05) is 13.1 Å². The molecule has 1 saturated carbocycles. The van der Waals surface area contributed by atoms with E-state index >= 15 is 0 Å². The van der Waals surface area contributed by atoms with Gasteiger partial charge in [-0.3, -0.25) is 4.79 Å². The molecule has 0 radical (unpaired) electrons. The molecule has 1 saturated heterocycles. The van der Waals surface area contributed by atoms with Crippen molar-refractivity contribution in [3.05, 3.63) is 59.7 Å². The van der Waals surface area contributed by atoms with Crippen molar-refractivity contribution in [1.82, 2.24) is 4.90 Å². The highest BCUT2D eigenvalue weighted by Crippen LogP contribution is 2.52. The minimum Gasteiger partial charge on any atom is -0.342 e. The zero-order valence-electron chi connectivity index (χ0n) is 15.5. The predicted molar refractivity (Wildman–Crippen MR) is 106 cm³/mol. The zero-order chi connectivity index (χ0) is 18.1. The van der Waals surface area contributed by atoms with Gasteiger partial charge < -0.3 is 10.6 Å². The number of carbonyl (C=O) groups excluding carboxylic acids is 1. The van der Waals surface area contributed by atoms with Crippen LogP contribution in [-0.4, -0.2) is 29.9 Å². The quantitative estimate of drug-likeness (QED) is 0.907. The highest BCUT2D eigenvalue weighted by Gasteiger charge is 2.47. The molecule has 4 rings (SSSR count). The lowest BCUT2D eigenvalue weighted by Crippen LogP contribution is -2.34. The lowest BCUT2D eigenvalue weighted by molar-refractivity contribution is -0.132. The Labute approximate surface area is 156 Å². The zero-order valence-corrected chi connectivity index (χ0v) is 15.5. The SMILES string of the molecule is Cc1cccc(-c2ccccc2)c1C1CC1C(=O)N1CCCC(N)CC1. The number of amides is 1. The van der Waals surface area contributed by atoms with E-state index in [1.54, 1.807) is 0 Å². The fourth-order valence-corrected chi connectivity index (χ4v) is 4.41. The Hall–Kier alpha value is -2.13. The molecule has 0 bridgehead atoms. The van der Waals surface area contributed by atoms with E-state index in [2.05, 4.69) is 54.3 Å². The number of rotatable bonds is 3. The van der Waals surface area contributed by atoms with Crippen LogP contribution in [0.2, 0.25) is 0 Å². The van der Waals surface area contributed by atoms with Gasteiger partial charge in [0.2, 0.25) is 5.91 Å². The third-order valence-electron chi connectivity index (χ3n) is 5.97. The lowest BCUT2D eigenvalue weighted by Gasteiger charge is -2.21. The Balaban J connectivity index is 1.56. The van der Waals surface area contributed by atoms with E-state index in [-0.39, 0.29) is 12.0 Å². The van der Waals surface area contributed by atoms with E-state index in [0.29, 0.717) is 11.8 Å². The number of nitrogens with two attached hydrogens (primary N) is 1. The monoisotopic (exact) mass is 348 g/mol. The van der Waals surface area contributed by atoms with Crippen molar-refractivity contribution in [1.29, 1.82) is 0 Å². The van der Waals surface area contributed by atoms with Crippen molar-refractivity contribution in [3.8, 4) is 11.1 Å². The molecule has 1 heterocycles. The van der Waals surface area contributed by atoms with Crippen LogP contribution in [0, 0.1) is 12.8 Å². The van der Waals surface area contributed by atoms with Gasteiger partial charge in [-0.15, -0.1) is 0 Å². The number of hydrogen-bond donors (Lipinski definition) is 1. The number of likely N-dealkylation sites (tertiary alicyclic amines) is 1. The molecule has 136 valence electrons. The molecule has 2 fully saturated rings. The summed E-state index contributed by atoms with van der Waals surface area (Å²) in [6.07, 6.45) is 3.98.